The van der Waals surface area contributed by atoms with Gasteiger partial charge in [-0.15, -0.1) is 0 Å². The minimum absolute atomic E-state index is 0.0170. The molecular formula is C20H24BrNO. The normalized spacial score (nSPS) is 12.3. The second kappa shape index (κ2) is 7.78. The Balaban J connectivity index is 2.05. The fraction of sp³-hybridized carbons (Fsp3) is 0.350. The van der Waals surface area contributed by atoms with E-state index in [4.69, 9.17) is 0 Å². The van der Waals surface area contributed by atoms with Gasteiger partial charge in [0.15, 0.2) is 0 Å². The number of hydrogen-bond donors (Lipinski definition) is 1. The van der Waals surface area contributed by atoms with Gasteiger partial charge in [-0.25, -0.2) is 0 Å². The minimum Gasteiger partial charge on any atom is -0.326 e. The van der Waals surface area contributed by atoms with Crippen LogP contribution < -0.4 is 5.32 Å². The molecule has 0 radical (unpaired) electrons. The molecule has 0 fully saturated rings. The summed E-state index contributed by atoms with van der Waals surface area (Å²) in [5, 5.41) is 3.00. The summed E-state index contributed by atoms with van der Waals surface area (Å²) in [7, 11) is 0. The van der Waals surface area contributed by atoms with Crippen LogP contribution in [0, 0.1) is 12.8 Å². The number of amides is 1. The maximum atomic E-state index is 12.4. The lowest BCUT2D eigenvalue weighted by molar-refractivity contribution is -0.117. The van der Waals surface area contributed by atoms with Gasteiger partial charge in [0.2, 0.25) is 5.91 Å². The molecule has 2 aromatic rings. The van der Waals surface area contributed by atoms with Crippen molar-refractivity contribution in [3.8, 4) is 0 Å². The number of anilines is 1. The Morgan fingerprint density at radius 2 is 1.74 bits per heavy atom. The predicted molar refractivity (Wildman–Crippen MR) is 101 cm³/mol. The lowest BCUT2D eigenvalue weighted by Crippen LogP contribution is -2.19. The zero-order chi connectivity index (χ0) is 17.0. The lowest BCUT2D eigenvalue weighted by Gasteiger charge is -2.14. The van der Waals surface area contributed by atoms with Crippen LogP contribution in [-0.4, -0.2) is 5.91 Å². The maximum absolute atomic E-state index is 12.4. The number of hydrogen-bond acceptors (Lipinski definition) is 1. The van der Waals surface area contributed by atoms with E-state index in [9.17, 15) is 4.79 Å². The van der Waals surface area contributed by atoms with Crippen LogP contribution in [0.2, 0.25) is 0 Å². The second-order valence-electron chi connectivity index (χ2n) is 6.51. The van der Waals surface area contributed by atoms with Gasteiger partial charge >= 0.3 is 0 Å². The first kappa shape index (κ1) is 17.7. The quantitative estimate of drug-likeness (QED) is 0.715. The van der Waals surface area contributed by atoms with E-state index in [0.29, 0.717) is 5.92 Å². The summed E-state index contributed by atoms with van der Waals surface area (Å²) in [6.07, 6.45) is 1.07. The summed E-state index contributed by atoms with van der Waals surface area (Å²) < 4.78 is 1.05. The molecule has 0 aliphatic rings. The van der Waals surface area contributed by atoms with Gasteiger partial charge in [-0.2, -0.15) is 0 Å². The molecule has 0 heterocycles. The highest BCUT2D eigenvalue weighted by Gasteiger charge is 2.15. The Hall–Kier alpha value is -1.61. The van der Waals surface area contributed by atoms with Crippen molar-refractivity contribution in [3.05, 3.63) is 63.6 Å². The second-order valence-corrected chi connectivity index (χ2v) is 7.37. The van der Waals surface area contributed by atoms with Gasteiger partial charge in [-0.3, -0.25) is 4.79 Å². The molecule has 3 heteroatoms. The molecule has 1 amide bonds. The summed E-state index contributed by atoms with van der Waals surface area (Å²) in [5.41, 5.74) is 4.30. The Morgan fingerprint density at radius 3 is 2.30 bits per heavy atom. The largest absolute Gasteiger partial charge is 0.326 e. The van der Waals surface area contributed by atoms with Crippen molar-refractivity contribution in [2.75, 3.05) is 5.32 Å². The van der Waals surface area contributed by atoms with Crippen LogP contribution in [0.3, 0.4) is 0 Å². The summed E-state index contributed by atoms with van der Waals surface area (Å²) >= 11 is 3.47. The van der Waals surface area contributed by atoms with E-state index in [0.717, 1.165) is 27.7 Å². The molecule has 122 valence electrons. The van der Waals surface area contributed by atoms with Gasteiger partial charge in [0.1, 0.15) is 0 Å². The number of nitrogens with one attached hydrogen (secondary N) is 1. The fourth-order valence-corrected chi connectivity index (χ4v) is 2.78. The summed E-state index contributed by atoms with van der Waals surface area (Å²) in [4.78, 5) is 12.4. The van der Waals surface area contributed by atoms with Gasteiger partial charge in [0.25, 0.3) is 0 Å². The molecule has 1 N–H and O–H groups in total. The van der Waals surface area contributed by atoms with Crippen LogP contribution in [0.4, 0.5) is 5.69 Å². The average Bonchev–Trinajstić information content (AvgIpc) is 2.50. The van der Waals surface area contributed by atoms with Crippen molar-refractivity contribution >= 4 is 27.5 Å². The van der Waals surface area contributed by atoms with Crippen molar-refractivity contribution in [1.82, 2.24) is 0 Å². The van der Waals surface area contributed by atoms with Crippen molar-refractivity contribution < 1.29 is 4.79 Å². The molecule has 2 aromatic carbocycles. The van der Waals surface area contributed by atoms with Gasteiger partial charge in [-0.1, -0.05) is 54.0 Å². The highest BCUT2D eigenvalue weighted by atomic mass is 79.9. The number of halogens is 1. The highest BCUT2D eigenvalue weighted by molar-refractivity contribution is 9.10. The van der Waals surface area contributed by atoms with Crippen molar-refractivity contribution in [3.63, 3.8) is 0 Å². The zero-order valence-corrected chi connectivity index (χ0v) is 15.8. The monoisotopic (exact) mass is 373 g/mol. The van der Waals surface area contributed by atoms with Crippen LogP contribution in [0.1, 0.15) is 43.4 Å². The van der Waals surface area contributed by atoms with E-state index in [2.05, 4.69) is 59.4 Å². The topological polar surface area (TPSA) is 29.1 Å². The first-order valence-electron chi connectivity index (χ1n) is 8.02. The molecular weight excluding hydrogens is 350 g/mol. The van der Waals surface area contributed by atoms with Crippen LogP contribution in [0.25, 0.3) is 0 Å². The molecule has 0 aromatic heterocycles. The van der Waals surface area contributed by atoms with Crippen molar-refractivity contribution in [2.45, 2.75) is 40.0 Å². The van der Waals surface area contributed by atoms with Gasteiger partial charge < -0.3 is 5.32 Å². The molecule has 23 heavy (non-hydrogen) atoms. The van der Waals surface area contributed by atoms with E-state index >= 15 is 0 Å². The summed E-state index contributed by atoms with van der Waals surface area (Å²) in [5.74, 6) is 0.484. The summed E-state index contributed by atoms with van der Waals surface area (Å²) in [6, 6.07) is 14.2. The molecule has 1 unspecified atom stereocenters. The molecule has 1 atom stereocenters. The van der Waals surface area contributed by atoms with E-state index in [1.807, 2.05) is 32.0 Å². The SMILES string of the molecule is Cc1cc(NC(=O)C(C)c2ccc(CC(C)C)cc2)ccc1Br. The smallest absolute Gasteiger partial charge is 0.231 e. The Morgan fingerprint density at radius 1 is 1.09 bits per heavy atom. The fourth-order valence-electron chi connectivity index (χ4n) is 2.54. The molecule has 2 rings (SSSR count). The maximum Gasteiger partial charge on any atom is 0.231 e. The number of benzene rings is 2. The number of carbonyl (C=O) groups is 1. The van der Waals surface area contributed by atoms with Crippen molar-refractivity contribution in [2.24, 2.45) is 5.92 Å². The lowest BCUT2D eigenvalue weighted by atomic mass is 9.96. The highest BCUT2D eigenvalue weighted by Crippen LogP contribution is 2.23. The Kier molecular flexibility index (Phi) is 6.00. The van der Waals surface area contributed by atoms with Crippen molar-refractivity contribution in [1.29, 1.82) is 0 Å². The molecule has 2 nitrogen and oxygen atoms in total. The Labute approximate surface area is 147 Å². The molecule has 0 spiro atoms. The van der Waals surface area contributed by atoms with E-state index in [1.165, 1.54) is 5.56 Å². The molecule has 0 saturated heterocycles. The van der Waals surface area contributed by atoms with Crippen LogP contribution in [0.15, 0.2) is 46.9 Å². The van der Waals surface area contributed by atoms with Gasteiger partial charge in [0, 0.05) is 10.2 Å². The first-order chi connectivity index (χ1) is 10.9. The third-order valence-corrected chi connectivity index (χ3v) is 4.83. The number of carbonyl (C=O) groups excluding carboxylic acids is 1. The van der Waals surface area contributed by atoms with Gasteiger partial charge in [-0.05, 0) is 61.1 Å². The van der Waals surface area contributed by atoms with E-state index in [1.54, 1.807) is 0 Å². The standard InChI is InChI=1S/C20H24BrNO/c1-13(2)11-16-5-7-17(8-6-16)15(4)20(23)22-18-9-10-19(21)14(3)12-18/h5-10,12-13,15H,11H2,1-4H3,(H,22,23). The number of aryl methyl sites for hydroxylation is 1. The third kappa shape index (κ3) is 4.93. The van der Waals surface area contributed by atoms with E-state index in [-0.39, 0.29) is 11.8 Å². The van der Waals surface area contributed by atoms with E-state index < -0.39 is 0 Å². The molecule has 0 aliphatic carbocycles. The van der Waals surface area contributed by atoms with Crippen LogP contribution in [0.5, 0.6) is 0 Å². The van der Waals surface area contributed by atoms with Gasteiger partial charge in [0.05, 0.1) is 5.92 Å². The minimum atomic E-state index is -0.174. The van der Waals surface area contributed by atoms with Crippen LogP contribution >= 0.6 is 15.9 Å². The number of rotatable bonds is 5. The van der Waals surface area contributed by atoms with Crippen LogP contribution in [-0.2, 0) is 11.2 Å². The third-order valence-electron chi connectivity index (χ3n) is 3.94. The zero-order valence-electron chi connectivity index (χ0n) is 14.2. The summed E-state index contributed by atoms with van der Waals surface area (Å²) in [6.45, 7) is 8.38. The molecule has 0 aliphatic heterocycles. The average molecular weight is 374 g/mol. The Bertz CT molecular complexity index is 677. The molecule has 0 saturated carbocycles. The first-order valence-corrected chi connectivity index (χ1v) is 8.82. The molecule has 0 bridgehead atoms. The predicted octanol–water partition coefficient (Wildman–Crippen LogP) is 5.70.